The second-order valence-electron chi connectivity index (χ2n) is 2.77. The first-order valence-electron chi connectivity index (χ1n) is 4.70. The molecule has 0 saturated heterocycles. The van der Waals surface area contributed by atoms with E-state index in [1.54, 1.807) is 0 Å². The largest absolute Gasteiger partial charge is 0.428 e. The van der Waals surface area contributed by atoms with Crippen molar-refractivity contribution in [1.29, 1.82) is 0 Å². The summed E-state index contributed by atoms with van der Waals surface area (Å²) in [4.78, 5) is 42.5. The van der Waals surface area contributed by atoms with Gasteiger partial charge in [-0.25, -0.2) is 9.59 Å². The van der Waals surface area contributed by atoms with E-state index in [1.807, 2.05) is 0 Å². The third-order valence-corrected chi connectivity index (χ3v) is 1.28. The van der Waals surface area contributed by atoms with Crippen molar-refractivity contribution >= 4 is 23.9 Å². The highest BCUT2D eigenvalue weighted by Crippen LogP contribution is 1.88. The van der Waals surface area contributed by atoms with Crippen LogP contribution in [0, 0.1) is 0 Å². The van der Waals surface area contributed by atoms with Crippen LogP contribution in [-0.4, -0.2) is 37.5 Å². The maximum Gasteiger partial charge on any atom is 0.333 e. The van der Waals surface area contributed by atoms with E-state index < -0.39 is 37.5 Å². The van der Waals surface area contributed by atoms with Gasteiger partial charge in [0.2, 0.25) is 13.6 Å². The summed E-state index contributed by atoms with van der Waals surface area (Å²) in [7, 11) is 0. The average molecular weight is 260 g/mol. The van der Waals surface area contributed by atoms with Crippen LogP contribution in [0.15, 0.2) is 12.2 Å². The molecule has 0 aromatic carbocycles. The summed E-state index contributed by atoms with van der Waals surface area (Å²) in [6.07, 6.45) is 1.55. The SMILES string of the molecule is CC(=O)OCOC(=O)/C=C/C(=O)OCOC(C)=O. The molecule has 0 aliphatic rings. The molecule has 0 spiro atoms. The van der Waals surface area contributed by atoms with E-state index in [0.717, 1.165) is 26.0 Å². The van der Waals surface area contributed by atoms with E-state index in [4.69, 9.17) is 0 Å². The van der Waals surface area contributed by atoms with Crippen molar-refractivity contribution in [2.24, 2.45) is 0 Å². The van der Waals surface area contributed by atoms with Crippen molar-refractivity contribution in [3.8, 4) is 0 Å². The Balaban J connectivity index is 3.77. The zero-order valence-corrected chi connectivity index (χ0v) is 9.83. The van der Waals surface area contributed by atoms with E-state index in [2.05, 4.69) is 18.9 Å². The first kappa shape index (κ1) is 15.6. The van der Waals surface area contributed by atoms with Crippen LogP contribution >= 0.6 is 0 Å². The molecule has 100 valence electrons. The van der Waals surface area contributed by atoms with Crippen molar-refractivity contribution < 1.29 is 38.1 Å². The fraction of sp³-hybridized carbons (Fsp3) is 0.400. The van der Waals surface area contributed by atoms with Crippen LogP contribution in [-0.2, 0) is 38.1 Å². The second kappa shape index (κ2) is 8.74. The molecule has 0 heterocycles. The topological polar surface area (TPSA) is 105 Å². The van der Waals surface area contributed by atoms with E-state index in [1.165, 1.54) is 0 Å². The fourth-order valence-electron chi connectivity index (χ4n) is 0.573. The molecule has 0 aromatic heterocycles. The molecule has 0 fully saturated rings. The van der Waals surface area contributed by atoms with Crippen LogP contribution in [0.25, 0.3) is 0 Å². The normalized spacial score (nSPS) is 9.67. The summed E-state index contributed by atoms with van der Waals surface area (Å²) < 4.78 is 17.4. The van der Waals surface area contributed by atoms with Crippen LogP contribution < -0.4 is 0 Å². The average Bonchev–Trinajstić information content (AvgIpc) is 2.25. The molecule has 0 N–H and O–H groups in total. The Morgan fingerprint density at radius 2 is 1.06 bits per heavy atom. The first-order chi connectivity index (χ1) is 8.41. The maximum absolute atomic E-state index is 10.9. The van der Waals surface area contributed by atoms with Gasteiger partial charge < -0.3 is 18.9 Å². The van der Waals surface area contributed by atoms with E-state index in [-0.39, 0.29) is 0 Å². The highest BCUT2D eigenvalue weighted by atomic mass is 16.7. The van der Waals surface area contributed by atoms with Gasteiger partial charge in [0.25, 0.3) is 0 Å². The minimum absolute atomic E-state index is 0.541. The molecule has 0 aromatic rings. The van der Waals surface area contributed by atoms with E-state index >= 15 is 0 Å². The highest BCUT2D eigenvalue weighted by Gasteiger charge is 2.02. The smallest absolute Gasteiger partial charge is 0.333 e. The van der Waals surface area contributed by atoms with Gasteiger partial charge in [0.05, 0.1) is 0 Å². The summed E-state index contributed by atoms with van der Waals surface area (Å²) in [6.45, 7) is 1.22. The molecule has 0 amide bonds. The minimum atomic E-state index is -0.888. The van der Waals surface area contributed by atoms with Gasteiger partial charge in [-0.1, -0.05) is 0 Å². The van der Waals surface area contributed by atoms with Crippen molar-refractivity contribution in [2.75, 3.05) is 13.6 Å². The van der Waals surface area contributed by atoms with Crippen LogP contribution in [0.3, 0.4) is 0 Å². The van der Waals surface area contributed by atoms with Gasteiger partial charge in [0.15, 0.2) is 0 Å². The van der Waals surface area contributed by atoms with Crippen LogP contribution in [0.2, 0.25) is 0 Å². The van der Waals surface area contributed by atoms with Gasteiger partial charge >= 0.3 is 23.9 Å². The Morgan fingerprint density at radius 3 is 1.33 bits per heavy atom. The third-order valence-electron chi connectivity index (χ3n) is 1.28. The van der Waals surface area contributed by atoms with Crippen LogP contribution in [0.4, 0.5) is 0 Å². The number of ether oxygens (including phenoxy) is 4. The molecule has 8 nitrogen and oxygen atoms in total. The Labute approximate surface area is 102 Å². The summed E-state index contributed by atoms with van der Waals surface area (Å²) in [5.74, 6) is -2.98. The third kappa shape index (κ3) is 10.1. The Bertz CT molecular complexity index is 323. The van der Waals surface area contributed by atoms with Gasteiger partial charge in [-0.2, -0.15) is 0 Å². The lowest BCUT2D eigenvalue weighted by molar-refractivity contribution is -0.165. The van der Waals surface area contributed by atoms with Crippen LogP contribution in [0.5, 0.6) is 0 Å². The van der Waals surface area contributed by atoms with Gasteiger partial charge in [-0.15, -0.1) is 0 Å². The Kier molecular flexibility index (Phi) is 7.58. The standard InChI is InChI=1S/C10H12O8/c1-7(11)15-5-17-9(13)3-4-10(14)18-6-16-8(2)12/h3-4H,5-6H2,1-2H3/b4-3+. The van der Waals surface area contributed by atoms with Gasteiger partial charge in [0, 0.05) is 26.0 Å². The second-order valence-corrected chi connectivity index (χ2v) is 2.77. The Morgan fingerprint density at radius 1 is 0.722 bits per heavy atom. The summed E-state index contributed by atoms with van der Waals surface area (Å²) in [5, 5.41) is 0. The lowest BCUT2D eigenvalue weighted by Crippen LogP contribution is -2.11. The first-order valence-corrected chi connectivity index (χ1v) is 4.70. The summed E-state index contributed by atoms with van der Waals surface area (Å²) in [6, 6.07) is 0. The predicted molar refractivity (Wildman–Crippen MR) is 54.6 cm³/mol. The molecule has 0 unspecified atom stereocenters. The zero-order chi connectivity index (χ0) is 14.0. The number of carbonyl (C=O) groups excluding carboxylic acids is 4. The minimum Gasteiger partial charge on any atom is -0.428 e. The maximum atomic E-state index is 10.9. The molecule has 0 atom stereocenters. The molecule has 0 bridgehead atoms. The molecule has 0 aliphatic heterocycles. The number of esters is 4. The number of hydrogen-bond donors (Lipinski definition) is 0. The van der Waals surface area contributed by atoms with Crippen molar-refractivity contribution in [3.63, 3.8) is 0 Å². The molecule has 18 heavy (non-hydrogen) atoms. The summed E-state index contributed by atoms with van der Waals surface area (Å²) in [5.41, 5.74) is 0. The van der Waals surface area contributed by atoms with Gasteiger partial charge in [-0.3, -0.25) is 9.59 Å². The van der Waals surface area contributed by atoms with Crippen LogP contribution in [0.1, 0.15) is 13.8 Å². The van der Waals surface area contributed by atoms with E-state index in [9.17, 15) is 19.2 Å². The fourth-order valence-corrected chi connectivity index (χ4v) is 0.573. The van der Waals surface area contributed by atoms with Crippen molar-refractivity contribution in [2.45, 2.75) is 13.8 Å². The Hall–Kier alpha value is -2.38. The number of carbonyl (C=O) groups is 4. The predicted octanol–water partition coefficient (Wildman–Crippen LogP) is -0.330. The van der Waals surface area contributed by atoms with E-state index in [0.29, 0.717) is 0 Å². The van der Waals surface area contributed by atoms with Crippen molar-refractivity contribution in [1.82, 2.24) is 0 Å². The molecule has 8 heteroatoms. The molecule has 0 aliphatic carbocycles. The number of rotatable bonds is 6. The van der Waals surface area contributed by atoms with Crippen molar-refractivity contribution in [3.05, 3.63) is 12.2 Å². The molecule has 0 rings (SSSR count). The highest BCUT2D eigenvalue weighted by molar-refractivity contribution is 5.91. The monoisotopic (exact) mass is 260 g/mol. The molecular formula is C10H12O8. The lowest BCUT2D eigenvalue weighted by atomic mass is 10.5. The molecule has 0 radical (unpaired) electrons. The molecule has 0 saturated carbocycles. The number of hydrogen-bond acceptors (Lipinski definition) is 8. The van der Waals surface area contributed by atoms with Gasteiger partial charge in [0.1, 0.15) is 0 Å². The quantitative estimate of drug-likeness (QED) is 0.363. The zero-order valence-electron chi connectivity index (χ0n) is 9.83. The summed E-state index contributed by atoms with van der Waals surface area (Å²) >= 11 is 0. The lowest BCUT2D eigenvalue weighted by Gasteiger charge is -2.02. The van der Waals surface area contributed by atoms with Gasteiger partial charge in [-0.05, 0) is 0 Å². The molecular weight excluding hydrogens is 248 g/mol.